The smallest absolute Gasteiger partial charge is 0.335 e. The number of nitrogens with one attached hydrogen (secondary N) is 1. The van der Waals surface area contributed by atoms with Gasteiger partial charge in [-0.15, -0.1) is 11.3 Å². The van der Waals surface area contributed by atoms with Crippen LogP contribution in [-0.4, -0.2) is 22.0 Å². The highest BCUT2D eigenvalue weighted by atomic mass is 32.1. The van der Waals surface area contributed by atoms with Crippen LogP contribution in [0.25, 0.3) is 0 Å². The Balaban J connectivity index is 2.18. The number of aryl methyl sites for hydroxylation is 2. The fourth-order valence-electron chi connectivity index (χ4n) is 1.64. The normalized spacial score (nSPS) is 10.2. The van der Waals surface area contributed by atoms with Gasteiger partial charge in [-0.1, -0.05) is 0 Å². The Hall–Kier alpha value is -2.21. The number of hydrogen-bond acceptors (Lipinski definition) is 4. The molecular formula is C13H12N2O3S. The lowest BCUT2D eigenvalue weighted by Gasteiger charge is -2.06. The minimum atomic E-state index is -0.978. The number of hydrogen-bond donors (Lipinski definition) is 2. The lowest BCUT2D eigenvalue weighted by molar-refractivity contribution is 0.0696. The number of aromatic carboxylic acids is 1. The van der Waals surface area contributed by atoms with Crippen molar-refractivity contribution >= 4 is 28.9 Å². The second-order valence-electron chi connectivity index (χ2n) is 4.03. The molecule has 0 fully saturated rings. The Morgan fingerprint density at radius 3 is 2.58 bits per heavy atom. The summed E-state index contributed by atoms with van der Waals surface area (Å²) >= 11 is 1.31. The number of thiazole rings is 1. The molecule has 1 aromatic carbocycles. The highest BCUT2D eigenvalue weighted by Gasteiger charge is 2.11. The van der Waals surface area contributed by atoms with Crippen molar-refractivity contribution in [3.8, 4) is 0 Å². The fraction of sp³-hybridized carbons (Fsp3) is 0.154. The van der Waals surface area contributed by atoms with E-state index in [1.807, 2.05) is 6.92 Å². The fourth-order valence-corrected chi connectivity index (χ4v) is 2.31. The molecule has 2 rings (SSSR count). The van der Waals surface area contributed by atoms with Gasteiger partial charge in [-0.05, 0) is 37.6 Å². The van der Waals surface area contributed by atoms with Crippen LogP contribution in [0.1, 0.15) is 30.6 Å². The van der Waals surface area contributed by atoms with Crippen molar-refractivity contribution < 1.29 is 14.7 Å². The number of nitrogens with zero attached hydrogens (tertiary/aromatic N) is 1. The Morgan fingerprint density at radius 2 is 2.05 bits per heavy atom. The van der Waals surface area contributed by atoms with Crippen LogP contribution in [0.2, 0.25) is 0 Å². The van der Waals surface area contributed by atoms with Crippen molar-refractivity contribution in [1.82, 2.24) is 4.98 Å². The molecule has 0 saturated heterocycles. The average molecular weight is 276 g/mol. The first-order valence-corrected chi connectivity index (χ1v) is 6.37. The van der Waals surface area contributed by atoms with Gasteiger partial charge in [-0.2, -0.15) is 0 Å². The Kier molecular flexibility index (Phi) is 3.62. The van der Waals surface area contributed by atoms with E-state index in [9.17, 15) is 9.59 Å². The molecule has 0 aliphatic carbocycles. The third-order valence-electron chi connectivity index (χ3n) is 2.56. The summed E-state index contributed by atoms with van der Waals surface area (Å²) in [5.74, 6) is -1.22. The monoisotopic (exact) mass is 276 g/mol. The molecule has 0 aliphatic heterocycles. The molecule has 1 aromatic heterocycles. The van der Waals surface area contributed by atoms with Crippen LogP contribution in [0, 0.1) is 13.8 Å². The molecule has 0 bridgehead atoms. The van der Waals surface area contributed by atoms with Gasteiger partial charge in [-0.3, -0.25) is 4.79 Å². The second kappa shape index (κ2) is 5.19. The summed E-state index contributed by atoms with van der Waals surface area (Å²) in [5.41, 5.74) is 1.40. The van der Waals surface area contributed by atoms with Gasteiger partial charge in [0.2, 0.25) is 0 Å². The molecular weight excluding hydrogens is 264 g/mol. The Bertz CT molecular complexity index is 649. The molecule has 0 radical (unpaired) electrons. The largest absolute Gasteiger partial charge is 0.478 e. The molecule has 6 heteroatoms. The van der Waals surface area contributed by atoms with Crippen LogP contribution in [0.5, 0.6) is 0 Å². The lowest BCUT2D eigenvalue weighted by Crippen LogP contribution is -2.11. The molecule has 1 amide bonds. The molecule has 1 heterocycles. The van der Waals surface area contributed by atoms with Gasteiger partial charge < -0.3 is 10.4 Å². The Labute approximate surface area is 113 Å². The zero-order valence-corrected chi connectivity index (χ0v) is 11.2. The standard InChI is InChI=1S/C13H12N2O3S/c1-7-5-9(3-4-10(7)13(17)18)15-12(16)11-6-14-8(2)19-11/h3-6H,1-2H3,(H,15,16)(H,17,18). The first-order valence-electron chi connectivity index (χ1n) is 5.55. The van der Waals surface area contributed by atoms with Gasteiger partial charge in [0.25, 0.3) is 5.91 Å². The number of carboxylic acids is 1. The van der Waals surface area contributed by atoms with Crippen LogP contribution >= 0.6 is 11.3 Å². The van der Waals surface area contributed by atoms with Crippen LogP contribution in [0.15, 0.2) is 24.4 Å². The van der Waals surface area contributed by atoms with Crippen molar-refractivity contribution in [2.75, 3.05) is 5.32 Å². The van der Waals surface area contributed by atoms with E-state index in [0.717, 1.165) is 5.01 Å². The molecule has 2 N–H and O–H groups in total. The number of anilines is 1. The topological polar surface area (TPSA) is 79.3 Å². The molecule has 0 atom stereocenters. The maximum Gasteiger partial charge on any atom is 0.335 e. The SMILES string of the molecule is Cc1ncc(C(=O)Nc2ccc(C(=O)O)c(C)c2)s1. The molecule has 0 aliphatic rings. The van der Waals surface area contributed by atoms with Crippen LogP contribution < -0.4 is 5.32 Å². The van der Waals surface area contributed by atoms with E-state index in [1.54, 1.807) is 19.1 Å². The molecule has 2 aromatic rings. The van der Waals surface area contributed by atoms with Crippen LogP contribution in [-0.2, 0) is 0 Å². The number of benzene rings is 1. The number of amides is 1. The van der Waals surface area contributed by atoms with Gasteiger partial charge >= 0.3 is 5.97 Å². The predicted octanol–water partition coefficient (Wildman–Crippen LogP) is 2.71. The predicted molar refractivity (Wildman–Crippen MR) is 72.9 cm³/mol. The van der Waals surface area contributed by atoms with Gasteiger partial charge in [-0.25, -0.2) is 9.78 Å². The average Bonchev–Trinajstić information content (AvgIpc) is 2.75. The number of aromatic nitrogens is 1. The summed E-state index contributed by atoms with van der Waals surface area (Å²) in [7, 11) is 0. The number of carboxylic acid groups (broad SMARTS) is 1. The molecule has 0 spiro atoms. The van der Waals surface area contributed by atoms with E-state index in [2.05, 4.69) is 10.3 Å². The van der Waals surface area contributed by atoms with Gasteiger partial charge in [0.15, 0.2) is 0 Å². The van der Waals surface area contributed by atoms with Crippen molar-refractivity contribution in [3.63, 3.8) is 0 Å². The zero-order chi connectivity index (χ0) is 14.0. The quantitative estimate of drug-likeness (QED) is 0.903. The highest BCUT2D eigenvalue weighted by Crippen LogP contribution is 2.18. The second-order valence-corrected chi connectivity index (χ2v) is 5.27. The first-order chi connectivity index (χ1) is 8.97. The summed E-state index contributed by atoms with van der Waals surface area (Å²) in [4.78, 5) is 27.3. The summed E-state index contributed by atoms with van der Waals surface area (Å²) < 4.78 is 0. The van der Waals surface area contributed by atoms with Crippen LogP contribution in [0.3, 0.4) is 0 Å². The molecule has 19 heavy (non-hydrogen) atoms. The van der Waals surface area contributed by atoms with Crippen molar-refractivity contribution in [2.24, 2.45) is 0 Å². The van der Waals surface area contributed by atoms with Gasteiger partial charge in [0.05, 0.1) is 16.8 Å². The zero-order valence-electron chi connectivity index (χ0n) is 10.4. The van der Waals surface area contributed by atoms with E-state index >= 15 is 0 Å². The summed E-state index contributed by atoms with van der Waals surface area (Å²) in [6.07, 6.45) is 1.52. The lowest BCUT2D eigenvalue weighted by atomic mass is 10.1. The first kappa shape index (κ1) is 13.2. The van der Waals surface area contributed by atoms with Crippen LogP contribution in [0.4, 0.5) is 5.69 Å². The maximum absolute atomic E-state index is 11.9. The van der Waals surface area contributed by atoms with Gasteiger partial charge in [0, 0.05) is 5.69 Å². The molecule has 5 nitrogen and oxygen atoms in total. The van der Waals surface area contributed by atoms with Gasteiger partial charge in [0.1, 0.15) is 4.88 Å². The van der Waals surface area contributed by atoms with E-state index in [1.165, 1.54) is 23.6 Å². The van der Waals surface area contributed by atoms with Crippen molar-refractivity contribution in [2.45, 2.75) is 13.8 Å². The Morgan fingerprint density at radius 1 is 1.32 bits per heavy atom. The summed E-state index contributed by atoms with van der Waals surface area (Å²) in [6.45, 7) is 3.52. The number of rotatable bonds is 3. The highest BCUT2D eigenvalue weighted by molar-refractivity contribution is 7.13. The molecule has 0 saturated carbocycles. The van der Waals surface area contributed by atoms with Crippen molar-refractivity contribution in [3.05, 3.63) is 45.4 Å². The third-order valence-corrected chi connectivity index (χ3v) is 3.47. The minimum Gasteiger partial charge on any atom is -0.478 e. The van der Waals surface area contributed by atoms with E-state index < -0.39 is 5.97 Å². The third kappa shape index (κ3) is 2.97. The van der Waals surface area contributed by atoms with E-state index in [4.69, 9.17) is 5.11 Å². The summed E-state index contributed by atoms with van der Waals surface area (Å²) in [5, 5.41) is 12.5. The van der Waals surface area contributed by atoms with Crippen molar-refractivity contribution in [1.29, 1.82) is 0 Å². The minimum absolute atomic E-state index is 0.228. The molecule has 98 valence electrons. The van der Waals surface area contributed by atoms with E-state index in [0.29, 0.717) is 16.1 Å². The number of carbonyl (C=O) groups excluding carboxylic acids is 1. The maximum atomic E-state index is 11.9. The molecule has 0 unspecified atom stereocenters. The summed E-state index contributed by atoms with van der Waals surface area (Å²) in [6, 6.07) is 4.68. The van der Waals surface area contributed by atoms with E-state index in [-0.39, 0.29) is 11.5 Å². The number of carbonyl (C=O) groups is 2.